The van der Waals surface area contributed by atoms with E-state index in [1.165, 1.54) is 11.0 Å². The molecule has 13 heteroatoms. The molecule has 2 aromatic carbocycles. The Bertz CT molecular complexity index is 1570. The van der Waals surface area contributed by atoms with Crippen molar-refractivity contribution in [2.75, 3.05) is 26.3 Å². The molecule has 0 radical (unpaired) electrons. The van der Waals surface area contributed by atoms with Crippen LogP contribution in [0.15, 0.2) is 48.6 Å². The Hall–Kier alpha value is -4.10. The van der Waals surface area contributed by atoms with Crippen molar-refractivity contribution in [3.63, 3.8) is 0 Å². The molecular formula is C36H43F4N5O4. The highest BCUT2D eigenvalue weighted by Crippen LogP contribution is 2.36. The monoisotopic (exact) mass is 685 g/mol. The Labute approximate surface area is 283 Å². The number of ether oxygens (including phenoxy) is 2. The molecule has 49 heavy (non-hydrogen) atoms. The number of hydrogen-bond acceptors (Lipinski definition) is 7. The van der Waals surface area contributed by atoms with E-state index in [9.17, 15) is 22.8 Å². The summed E-state index contributed by atoms with van der Waals surface area (Å²) < 4.78 is 69.6. The smallest absolute Gasteiger partial charge is 0.404 e. The number of carbonyl (C=O) groups is 2. The van der Waals surface area contributed by atoms with Gasteiger partial charge < -0.3 is 30.5 Å². The van der Waals surface area contributed by atoms with Gasteiger partial charge in [-0.1, -0.05) is 13.8 Å². The van der Waals surface area contributed by atoms with Crippen LogP contribution in [0.3, 0.4) is 0 Å². The summed E-state index contributed by atoms with van der Waals surface area (Å²) in [5.74, 6) is -1.32. The van der Waals surface area contributed by atoms with Crippen molar-refractivity contribution in [2.45, 2.75) is 83.2 Å². The van der Waals surface area contributed by atoms with E-state index in [0.717, 1.165) is 6.07 Å². The van der Waals surface area contributed by atoms with Crippen LogP contribution in [-0.2, 0) is 16.1 Å². The highest BCUT2D eigenvalue weighted by Gasteiger charge is 2.49. The summed E-state index contributed by atoms with van der Waals surface area (Å²) in [6.45, 7) is 5.29. The number of benzene rings is 2. The normalized spacial score (nSPS) is 21.0. The first-order valence-electron chi connectivity index (χ1n) is 16.7. The van der Waals surface area contributed by atoms with Crippen LogP contribution in [0, 0.1) is 22.6 Å². The van der Waals surface area contributed by atoms with E-state index in [2.05, 4.69) is 5.32 Å². The van der Waals surface area contributed by atoms with Crippen molar-refractivity contribution >= 4 is 23.2 Å². The van der Waals surface area contributed by atoms with Gasteiger partial charge in [0.15, 0.2) is 0 Å². The quantitative estimate of drug-likeness (QED) is 0.181. The topological polar surface area (TPSA) is 119 Å². The van der Waals surface area contributed by atoms with Gasteiger partial charge in [0.25, 0.3) is 5.91 Å². The summed E-state index contributed by atoms with van der Waals surface area (Å²) >= 11 is 0. The molecule has 3 saturated heterocycles. The number of piperidine rings is 1. The Balaban J connectivity index is 1.34. The lowest BCUT2D eigenvalue weighted by Gasteiger charge is -2.45. The van der Waals surface area contributed by atoms with E-state index in [1.54, 1.807) is 41.3 Å². The first kappa shape index (κ1) is 36.2. The Morgan fingerprint density at radius 2 is 1.80 bits per heavy atom. The Kier molecular flexibility index (Phi) is 11.5. The third-order valence-electron chi connectivity index (χ3n) is 9.39. The lowest BCUT2D eigenvalue weighted by atomic mass is 9.92. The van der Waals surface area contributed by atoms with Crippen LogP contribution < -0.4 is 10.1 Å². The van der Waals surface area contributed by atoms with Gasteiger partial charge in [-0.2, -0.15) is 13.2 Å². The first-order chi connectivity index (χ1) is 23.3. The van der Waals surface area contributed by atoms with Gasteiger partial charge in [0.05, 0.1) is 11.3 Å². The van der Waals surface area contributed by atoms with Crippen LogP contribution in [0.2, 0.25) is 0 Å². The van der Waals surface area contributed by atoms with E-state index in [1.807, 2.05) is 13.8 Å². The Morgan fingerprint density at radius 1 is 1.08 bits per heavy atom. The fourth-order valence-electron chi connectivity index (χ4n) is 6.51. The minimum Gasteiger partial charge on any atom is -0.457 e. The number of hydrogen-bond donors (Lipinski definition) is 3. The van der Waals surface area contributed by atoms with Crippen molar-refractivity contribution in [2.24, 2.45) is 5.92 Å². The number of nitrogens with one attached hydrogen (secondary N) is 3. The van der Waals surface area contributed by atoms with Gasteiger partial charge >= 0.3 is 6.18 Å². The minimum atomic E-state index is -4.50. The molecule has 2 atom stereocenters. The molecular weight excluding hydrogens is 642 g/mol. The molecule has 264 valence electrons. The maximum atomic E-state index is 15.6. The van der Waals surface area contributed by atoms with E-state index >= 15 is 4.39 Å². The maximum absolute atomic E-state index is 15.6. The van der Waals surface area contributed by atoms with Crippen molar-refractivity contribution < 1.29 is 36.6 Å². The summed E-state index contributed by atoms with van der Waals surface area (Å²) in [6.07, 6.45) is 0.634. The second-order valence-electron chi connectivity index (χ2n) is 13.2. The zero-order chi connectivity index (χ0) is 35.3. The number of likely N-dealkylation sites (tertiary alicyclic amines) is 2. The second-order valence-corrected chi connectivity index (χ2v) is 13.2. The molecule has 3 aliphatic heterocycles. The lowest BCUT2D eigenvalue weighted by Crippen LogP contribution is -2.59. The van der Waals surface area contributed by atoms with Gasteiger partial charge in [-0.15, -0.1) is 0 Å². The first-order valence-corrected chi connectivity index (χ1v) is 16.7. The molecule has 2 amide bonds. The molecule has 0 aliphatic carbocycles. The molecule has 0 spiro atoms. The molecule has 3 heterocycles. The van der Waals surface area contributed by atoms with E-state index in [0.29, 0.717) is 68.0 Å². The molecule has 3 N–H and O–H groups in total. The SMILES string of the molecule is CC(C)C(=N)/C=C\C(=N)c1ccc(Oc2cc(C(=O)NC3CCN(C4CCOCC4)C(C(F)(F)F)C3)c(F)cc2CN2CCCC2=O)cc1. The number of carbonyl (C=O) groups excluding carboxylic acids is 2. The predicted molar refractivity (Wildman–Crippen MR) is 177 cm³/mol. The average Bonchev–Trinajstić information content (AvgIpc) is 3.48. The van der Waals surface area contributed by atoms with E-state index in [-0.39, 0.29) is 60.8 Å². The summed E-state index contributed by atoms with van der Waals surface area (Å²) in [5, 5.41) is 18.9. The predicted octanol–water partition coefficient (Wildman–Crippen LogP) is 6.64. The zero-order valence-corrected chi connectivity index (χ0v) is 27.7. The molecule has 0 aromatic heterocycles. The van der Waals surface area contributed by atoms with Crippen LogP contribution in [0.4, 0.5) is 17.6 Å². The van der Waals surface area contributed by atoms with Crippen LogP contribution in [0.5, 0.6) is 11.5 Å². The average molecular weight is 686 g/mol. The standard InChI is InChI=1S/C36H43F4N5O4/c1-22(2)30(41)9-10-31(42)23-5-7-27(8-6-23)49-32-20-28(29(37)18-24(32)21-44-14-3-4-34(44)46)35(47)43-25-11-15-45(26-12-16-48-17-13-26)33(19-25)36(38,39)40/h5-10,18,20,22,25-26,33,41-42H,3-4,11-17,19,21H2,1-2H3,(H,43,47)/b10-9-,41-30?,42-31?. The van der Waals surface area contributed by atoms with Crippen LogP contribution in [-0.4, -0.2) is 83.6 Å². The van der Waals surface area contributed by atoms with Crippen molar-refractivity contribution in [1.29, 1.82) is 10.8 Å². The largest absolute Gasteiger partial charge is 0.457 e. The molecule has 9 nitrogen and oxygen atoms in total. The van der Waals surface area contributed by atoms with Gasteiger partial charge in [-0.05, 0) is 92.1 Å². The number of alkyl halides is 3. The number of amides is 2. The van der Waals surface area contributed by atoms with Crippen LogP contribution >= 0.6 is 0 Å². The molecule has 0 saturated carbocycles. The van der Waals surface area contributed by atoms with Gasteiger partial charge in [0.1, 0.15) is 23.4 Å². The third-order valence-corrected chi connectivity index (χ3v) is 9.39. The van der Waals surface area contributed by atoms with Gasteiger partial charge in [0, 0.05) is 62.6 Å². The molecule has 3 fully saturated rings. The highest BCUT2D eigenvalue weighted by atomic mass is 19.4. The number of halogens is 4. The minimum absolute atomic E-state index is 0.0274. The number of allylic oxidation sites excluding steroid dienone is 2. The van der Waals surface area contributed by atoms with Gasteiger partial charge in [-0.3, -0.25) is 14.5 Å². The summed E-state index contributed by atoms with van der Waals surface area (Å²) in [5.41, 5.74) is 1.11. The van der Waals surface area contributed by atoms with Crippen molar-refractivity contribution in [1.82, 2.24) is 15.1 Å². The summed E-state index contributed by atoms with van der Waals surface area (Å²) in [6, 6.07) is 6.11. The fourth-order valence-corrected chi connectivity index (χ4v) is 6.51. The molecule has 0 bridgehead atoms. The maximum Gasteiger partial charge on any atom is 0.404 e. The van der Waals surface area contributed by atoms with Gasteiger partial charge in [-0.25, -0.2) is 4.39 Å². The number of nitrogens with zero attached hydrogens (tertiary/aromatic N) is 2. The third kappa shape index (κ3) is 9.13. The molecule has 3 aliphatic rings. The van der Waals surface area contributed by atoms with Crippen molar-refractivity contribution in [3.05, 3.63) is 71.1 Å². The molecule has 2 unspecified atom stereocenters. The highest BCUT2D eigenvalue weighted by molar-refractivity contribution is 6.10. The molecule has 5 rings (SSSR count). The lowest BCUT2D eigenvalue weighted by molar-refractivity contribution is -0.203. The van der Waals surface area contributed by atoms with Crippen LogP contribution in [0.25, 0.3) is 0 Å². The van der Waals surface area contributed by atoms with E-state index < -0.39 is 30.0 Å². The van der Waals surface area contributed by atoms with Crippen molar-refractivity contribution in [3.8, 4) is 11.5 Å². The van der Waals surface area contributed by atoms with E-state index in [4.69, 9.17) is 20.3 Å². The fraction of sp³-hybridized carbons (Fsp3) is 0.500. The second kappa shape index (κ2) is 15.6. The Morgan fingerprint density at radius 3 is 2.43 bits per heavy atom. The number of rotatable bonds is 11. The molecule has 2 aromatic rings. The van der Waals surface area contributed by atoms with Gasteiger partial charge in [0.2, 0.25) is 5.91 Å². The zero-order valence-electron chi connectivity index (χ0n) is 27.7. The van der Waals surface area contributed by atoms with Crippen LogP contribution in [0.1, 0.15) is 73.9 Å². The summed E-state index contributed by atoms with van der Waals surface area (Å²) in [7, 11) is 0. The summed E-state index contributed by atoms with van der Waals surface area (Å²) in [4.78, 5) is 28.9.